The zero-order valence-corrected chi connectivity index (χ0v) is 10.9. The van der Waals surface area contributed by atoms with Gasteiger partial charge in [0.1, 0.15) is 0 Å². The highest BCUT2D eigenvalue weighted by Gasteiger charge is 2.20. The third-order valence-corrected chi connectivity index (χ3v) is 5.29. The summed E-state index contributed by atoms with van der Waals surface area (Å²) in [6, 6.07) is 1.15. The van der Waals surface area contributed by atoms with Crippen LogP contribution in [0.1, 0.15) is 20.3 Å². The maximum atomic E-state index is 10.6. The molecule has 0 bridgehead atoms. The summed E-state index contributed by atoms with van der Waals surface area (Å²) < 4.78 is 5.68. The summed E-state index contributed by atoms with van der Waals surface area (Å²) in [7, 11) is -1.40. The molecule has 78 valence electrons. The van der Waals surface area contributed by atoms with Gasteiger partial charge in [-0.05, 0) is 32.5 Å². The molecule has 4 heteroatoms. The van der Waals surface area contributed by atoms with Crippen LogP contribution in [0.15, 0.2) is 0 Å². The summed E-state index contributed by atoms with van der Waals surface area (Å²) in [5.41, 5.74) is 0. The topological polar surface area (TPSA) is 26.3 Å². The molecule has 0 N–H and O–H groups in total. The first-order chi connectivity index (χ1) is 5.98. The van der Waals surface area contributed by atoms with Gasteiger partial charge in [-0.3, -0.25) is 4.79 Å². The summed E-state index contributed by atoms with van der Waals surface area (Å²) in [4.78, 5) is 10.6. The van der Waals surface area contributed by atoms with Gasteiger partial charge in [0.25, 0.3) is 0 Å². The highest BCUT2D eigenvalue weighted by Crippen LogP contribution is 2.16. The lowest BCUT2D eigenvalue weighted by atomic mass is 10.6. The van der Waals surface area contributed by atoms with Crippen molar-refractivity contribution in [3.05, 3.63) is 0 Å². The van der Waals surface area contributed by atoms with E-state index < -0.39 is 8.32 Å². The van der Waals surface area contributed by atoms with Crippen molar-refractivity contribution < 1.29 is 9.22 Å². The number of hydrogen-bond acceptors (Lipinski definition) is 3. The number of carbonyl (C=O) groups is 1. The Morgan fingerprint density at radius 1 is 1.46 bits per heavy atom. The van der Waals surface area contributed by atoms with E-state index in [1.165, 1.54) is 11.8 Å². The van der Waals surface area contributed by atoms with Crippen LogP contribution in [0.5, 0.6) is 0 Å². The van der Waals surface area contributed by atoms with E-state index in [0.29, 0.717) is 0 Å². The minimum Gasteiger partial charge on any atom is -0.418 e. The molecule has 0 unspecified atom stereocenters. The molecular weight excluding hydrogens is 200 g/mol. The quantitative estimate of drug-likeness (QED) is 0.508. The largest absolute Gasteiger partial charge is 0.418 e. The van der Waals surface area contributed by atoms with Crippen molar-refractivity contribution >= 4 is 25.2 Å². The van der Waals surface area contributed by atoms with Gasteiger partial charge in [0.15, 0.2) is 13.4 Å². The van der Waals surface area contributed by atoms with Crippen LogP contribution in [0.2, 0.25) is 19.1 Å². The second kappa shape index (κ2) is 6.62. The molecule has 0 aliphatic rings. The van der Waals surface area contributed by atoms with Crippen molar-refractivity contribution in [1.29, 1.82) is 0 Å². The lowest BCUT2D eigenvalue weighted by molar-refractivity contribution is -0.109. The number of thioether (sulfide) groups is 1. The Bertz CT molecular complexity index is 160. The van der Waals surface area contributed by atoms with Crippen molar-refractivity contribution in [2.45, 2.75) is 39.4 Å². The molecule has 0 spiro atoms. The van der Waals surface area contributed by atoms with Gasteiger partial charge in [-0.25, -0.2) is 0 Å². The van der Waals surface area contributed by atoms with E-state index in [9.17, 15) is 4.79 Å². The van der Waals surface area contributed by atoms with Gasteiger partial charge < -0.3 is 4.43 Å². The molecule has 0 heterocycles. The molecule has 0 aliphatic carbocycles. The SMILES string of the molecule is CCO[Si](C)(C)CCCSC(C)=O. The smallest absolute Gasteiger partial charge is 0.186 e. The van der Waals surface area contributed by atoms with E-state index in [0.717, 1.165) is 24.8 Å². The Kier molecular flexibility index (Phi) is 6.72. The fourth-order valence-corrected chi connectivity index (χ4v) is 3.96. The van der Waals surface area contributed by atoms with Crippen LogP contribution < -0.4 is 0 Å². The van der Waals surface area contributed by atoms with Gasteiger partial charge in [-0.15, -0.1) is 0 Å². The summed E-state index contributed by atoms with van der Waals surface area (Å²) >= 11 is 1.42. The van der Waals surface area contributed by atoms with Gasteiger partial charge in [-0.2, -0.15) is 0 Å². The standard InChI is InChI=1S/C9H20O2SSi/c1-5-11-13(3,4)8-6-7-12-9(2)10/h5-8H2,1-4H3. The van der Waals surface area contributed by atoms with Crippen LogP contribution in [0.25, 0.3) is 0 Å². The average Bonchev–Trinajstić information content (AvgIpc) is 1.98. The Morgan fingerprint density at radius 2 is 2.08 bits per heavy atom. The zero-order chi connectivity index (χ0) is 10.3. The van der Waals surface area contributed by atoms with E-state index >= 15 is 0 Å². The molecule has 0 radical (unpaired) electrons. The van der Waals surface area contributed by atoms with Crippen LogP contribution >= 0.6 is 11.8 Å². The normalized spacial score (nSPS) is 11.7. The van der Waals surface area contributed by atoms with Crippen LogP contribution in [0, 0.1) is 0 Å². The molecule has 0 saturated heterocycles. The lowest BCUT2D eigenvalue weighted by Crippen LogP contribution is -2.30. The van der Waals surface area contributed by atoms with E-state index in [4.69, 9.17) is 4.43 Å². The van der Waals surface area contributed by atoms with Gasteiger partial charge in [0.05, 0.1) is 0 Å². The first kappa shape index (κ1) is 13.2. The van der Waals surface area contributed by atoms with Crippen LogP contribution in [0.4, 0.5) is 0 Å². The van der Waals surface area contributed by atoms with Crippen molar-refractivity contribution in [2.75, 3.05) is 12.4 Å². The first-order valence-electron chi connectivity index (χ1n) is 4.75. The van der Waals surface area contributed by atoms with Crippen LogP contribution in [-0.2, 0) is 9.22 Å². The lowest BCUT2D eigenvalue weighted by Gasteiger charge is -2.21. The molecule has 0 aromatic carbocycles. The predicted octanol–water partition coefficient (Wildman–Crippen LogP) is 2.90. The molecule has 0 fully saturated rings. The summed E-state index contributed by atoms with van der Waals surface area (Å²) in [6.07, 6.45) is 1.10. The van der Waals surface area contributed by atoms with E-state index in [2.05, 4.69) is 13.1 Å². The maximum Gasteiger partial charge on any atom is 0.186 e. The predicted molar refractivity (Wildman–Crippen MR) is 61.7 cm³/mol. The van der Waals surface area contributed by atoms with Crippen molar-refractivity contribution in [3.8, 4) is 0 Å². The fraction of sp³-hybridized carbons (Fsp3) is 0.889. The van der Waals surface area contributed by atoms with E-state index in [1.54, 1.807) is 6.92 Å². The van der Waals surface area contributed by atoms with Crippen LogP contribution in [0.3, 0.4) is 0 Å². The summed E-state index contributed by atoms with van der Waals surface area (Å²) in [5, 5.41) is 0.218. The molecule has 0 aliphatic heterocycles. The Hall–Kier alpha value is 0.197. The first-order valence-corrected chi connectivity index (χ1v) is 8.85. The maximum absolute atomic E-state index is 10.6. The monoisotopic (exact) mass is 220 g/mol. The van der Waals surface area contributed by atoms with Gasteiger partial charge >= 0.3 is 0 Å². The Balaban J connectivity index is 3.45. The molecular formula is C9H20O2SSi. The molecule has 2 nitrogen and oxygen atoms in total. The second-order valence-corrected chi connectivity index (χ2v) is 9.22. The minimum atomic E-state index is -1.40. The fourth-order valence-electron chi connectivity index (χ4n) is 1.18. The van der Waals surface area contributed by atoms with Gasteiger partial charge in [0, 0.05) is 19.3 Å². The van der Waals surface area contributed by atoms with Crippen LogP contribution in [-0.4, -0.2) is 25.8 Å². The number of carbonyl (C=O) groups excluding carboxylic acids is 1. The van der Waals surface area contributed by atoms with Crippen molar-refractivity contribution in [1.82, 2.24) is 0 Å². The molecule has 0 aromatic rings. The van der Waals surface area contributed by atoms with Gasteiger partial charge in [-0.1, -0.05) is 11.8 Å². The average molecular weight is 220 g/mol. The third kappa shape index (κ3) is 8.52. The molecule has 0 amide bonds. The molecule has 0 rings (SSSR count). The third-order valence-electron chi connectivity index (χ3n) is 1.76. The summed E-state index contributed by atoms with van der Waals surface area (Å²) in [6.45, 7) is 8.94. The number of hydrogen-bond donors (Lipinski definition) is 0. The molecule has 0 aromatic heterocycles. The Labute approximate surface area is 86.6 Å². The minimum absolute atomic E-state index is 0.218. The zero-order valence-electron chi connectivity index (χ0n) is 9.05. The molecule has 13 heavy (non-hydrogen) atoms. The van der Waals surface area contributed by atoms with E-state index in [-0.39, 0.29) is 5.12 Å². The van der Waals surface area contributed by atoms with Gasteiger partial charge in [0.2, 0.25) is 0 Å². The highest BCUT2D eigenvalue weighted by molar-refractivity contribution is 8.13. The molecule has 0 atom stereocenters. The van der Waals surface area contributed by atoms with E-state index in [1.807, 2.05) is 6.92 Å². The van der Waals surface area contributed by atoms with Crippen molar-refractivity contribution in [2.24, 2.45) is 0 Å². The molecule has 0 saturated carbocycles. The Morgan fingerprint density at radius 3 is 2.54 bits per heavy atom. The second-order valence-electron chi connectivity index (χ2n) is 3.64. The van der Waals surface area contributed by atoms with Crippen molar-refractivity contribution in [3.63, 3.8) is 0 Å². The summed E-state index contributed by atoms with van der Waals surface area (Å²) in [5.74, 6) is 0.943. The highest BCUT2D eigenvalue weighted by atomic mass is 32.2. The number of rotatable bonds is 6.